The van der Waals surface area contributed by atoms with Crippen molar-refractivity contribution in [3.63, 3.8) is 0 Å². The minimum Gasteiger partial charge on any atom is -0.333 e. The number of hydrogen-bond acceptors (Lipinski definition) is 4. The number of rotatable bonds is 4. The van der Waals surface area contributed by atoms with Crippen molar-refractivity contribution < 1.29 is 9.69 Å². The van der Waals surface area contributed by atoms with E-state index in [4.69, 9.17) is 4.98 Å². The number of nitrogens with one attached hydrogen (secondary N) is 1. The minimum atomic E-state index is -0.0468. The number of fused-ring (bicyclic) bond motifs is 1. The Bertz CT molecular complexity index is 792. The molecule has 4 nitrogen and oxygen atoms in total. The summed E-state index contributed by atoms with van der Waals surface area (Å²) in [5.41, 5.74) is 2.93. The van der Waals surface area contributed by atoms with Crippen LogP contribution in [0.5, 0.6) is 0 Å². The molecule has 1 unspecified atom stereocenters. The zero-order chi connectivity index (χ0) is 18.6. The number of nitrogens with zero attached hydrogens (tertiary/aromatic N) is 2. The van der Waals surface area contributed by atoms with Gasteiger partial charge in [0, 0.05) is 17.4 Å². The molecule has 0 saturated heterocycles. The number of likely N-dealkylation sites (N-methyl/N-ethyl adjacent to an activating group) is 1. The summed E-state index contributed by atoms with van der Waals surface area (Å²) in [6.45, 7) is 2.02. The Morgan fingerprint density at radius 2 is 1.96 bits per heavy atom. The van der Waals surface area contributed by atoms with Gasteiger partial charge in [-0.1, -0.05) is 11.8 Å². The van der Waals surface area contributed by atoms with Crippen LogP contribution in [-0.4, -0.2) is 30.1 Å². The second-order valence-corrected chi connectivity index (χ2v) is 10.6. The quantitative estimate of drug-likeness (QED) is 0.813. The maximum Gasteiger partial charge on any atom is 0.149 e. The third kappa shape index (κ3) is 3.11. The predicted molar refractivity (Wildman–Crippen MR) is 104 cm³/mol. The van der Waals surface area contributed by atoms with Gasteiger partial charge in [0.1, 0.15) is 23.4 Å². The summed E-state index contributed by atoms with van der Waals surface area (Å²) >= 11 is 1.51. The Hall–Kier alpha value is -1.38. The van der Waals surface area contributed by atoms with Crippen molar-refractivity contribution in [1.29, 1.82) is 5.26 Å². The lowest BCUT2D eigenvalue weighted by Crippen LogP contribution is -3.08. The zero-order valence-electron chi connectivity index (χ0n) is 16.1. The maximum atomic E-state index is 13.3. The summed E-state index contributed by atoms with van der Waals surface area (Å²) in [5, 5.41) is 10.4. The summed E-state index contributed by atoms with van der Waals surface area (Å²) in [4.78, 5) is 19.5. The van der Waals surface area contributed by atoms with Gasteiger partial charge in [-0.3, -0.25) is 4.79 Å². The van der Waals surface area contributed by atoms with E-state index in [1.165, 1.54) is 41.5 Å². The number of carbonyl (C=O) groups excluding carboxylic acids is 1. The highest BCUT2D eigenvalue weighted by Crippen LogP contribution is 2.60. The van der Waals surface area contributed by atoms with Crippen molar-refractivity contribution >= 4 is 17.5 Å². The normalized spacial score (nSPS) is 36.3. The van der Waals surface area contributed by atoms with E-state index in [1.807, 2.05) is 6.07 Å². The van der Waals surface area contributed by atoms with E-state index in [0.29, 0.717) is 17.1 Å². The summed E-state index contributed by atoms with van der Waals surface area (Å²) in [6.07, 6.45) is 8.41. The molecule has 0 aromatic carbocycles. The molecular weight excluding hydrogens is 354 g/mol. The number of ketones is 1. The highest BCUT2D eigenvalue weighted by atomic mass is 32.2. The van der Waals surface area contributed by atoms with E-state index in [0.717, 1.165) is 67.2 Å². The van der Waals surface area contributed by atoms with Crippen LogP contribution in [0.3, 0.4) is 0 Å². The first kappa shape index (κ1) is 17.7. The smallest absolute Gasteiger partial charge is 0.149 e. The topological polar surface area (TPSA) is 58.2 Å². The van der Waals surface area contributed by atoms with Crippen LogP contribution in [-0.2, 0) is 17.8 Å². The highest BCUT2D eigenvalue weighted by molar-refractivity contribution is 8.00. The van der Waals surface area contributed by atoms with Crippen LogP contribution in [0.2, 0.25) is 0 Å². The standard InChI is InChI=1S/C22H27N3OS/c1-25-3-2-19-18(12-25)7-17(11-23)21(24-19)27-13-20(26)22-8-14-4-15(9-22)6-16(5-14)10-22/h7,14-16H,2-6,8-10,12-13H2,1H3/p+1. The van der Waals surface area contributed by atoms with Gasteiger partial charge in [0.05, 0.1) is 30.6 Å². The molecule has 27 heavy (non-hydrogen) atoms. The van der Waals surface area contributed by atoms with Gasteiger partial charge in [0.25, 0.3) is 0 Å². The van der Waals surface area contributed by atoms with E-state index in [-0.39, 0.29) is 5.41 Å². The molecular formula is C22H28N3OS+. The number of pyridine rings is 1. The Morgan fingerprint density at radius 3 is 2.59 bits per heavy atom. The number of carbonyl (C=O) groups is 1. The summed E-state index contributed by atoms with van der Waals surface area (Å²) in [7, 11) is 2.18. The number of thioether (sulfide) groups is 1. The van der Waals surface area contributed by atoms with Crippen LogP contribution in [0.15, 0.2) is 11.1 Å². The third-order valence-corrected chi connectivity index (χ3v) is 8.52. The summed E-state index contributed by atoms with van der Waals surface area (Å²) < 4.78 is 0. The van der Waals surface area contributed by atoms with Crippen LogP contribution in [0.4, 0.5) is 0 Å². The van der Waals surface area contributed by atoms with E-state index in [9.17, 15) is 10.1 Å². The van der Waals surface area contributed by atoms with Crippen molar-refractivity contribution in [3.8, 4) is 6.07 Å². The van der Waals surface area contributed by atoms with Gasteiger partial charge in [-0.2, -0.15) is 5.26 Å². The Kier molecular flexibility index (Phi) is 4.33. The molecule has 0 spiro atoms. The molecule has 1 aromatic rings. The van der Waals surface area contributed by atoms with E-state index >= 15 is 0 Å². The van der Waals surface area contributed by atoms with Crippen LogP contribution < -0.4 is 4.90 Å². The number of quaternary nitrogens is 1. The monoisotopic (exact) mass is 382 g/mol. The van der Waals surface area contributed by atoms with Crippen LogP contribution >= 0.6 is 11.8 Å². The average Bonchev–Trinajstić information content (AvgIpc) is 2.64. The van der Waals surface area contributed by atoms with Crippen LogP contribution in [0.1, 0.15) is 55.3 Å². The number of Topliss-reactive ketones (excluding diaryl/α,β-unsaturated/α-hetero) is 1. The predicted octanol–water partition coefficient (Wildman–Crippen LogP) is 2.40. The summed E-state index contributed by atoms with van der Waals surface area (Å²) in [6, 6.07) is 4.33. The molecule has 0 amide bonds. The molecule has 1 atom stereocenters. The first-order valence-corrected chi connectivity index (χ1v) is 11.4. The van der Waals surface area contributed by atoms with Crippen molar-refractivity contribution in [2.24, 2.45) is 23.2 Å². The lowest BCUT2D eigenvalue weighted by Gasteiger charge is -2.56. The average molecular weight is 383 g/mol. The second kappa shape index (κ2) is 6.60. The largest absolute Gasteiger partial charge is 0.333 e. The number of nitriles is 1. The summed E-state index contributed by atoms with van der Waals surface area (Å²) in [5.74, 6) is 3.29. The maximum absolute atomic E-state index is 13.3. The van der Waals surface area contributed by atoms with Crippen molar-refractivity contribution in [3.05, 3.63) is 22.9 Å². The van der Waals surface area contributed by atoms with Gasteiger partial charge < -0.3 is 4.90 Å². The van der Waals surface area contributed by atoms with Crippen LogP contribution in [0.25, 0.3) is 0 Å². The Morgan fingerprint density at radius 1 is 1.30 bits per heavy atom. The molecule has 6 rings (SSSR count). The lowest BCUT2D eigenvalue weighted by atomic mass is 9.48. The van der Waals surface area contributed by atoms with E-state index in [2.05, 4.69) is 13.1 Å². The van der Waals surface area contributed by atoms with E-state index < -0.39 is 0 Å². The molecule has 4 saturated carbocycles. The molecule has 4 aliphatic carbocycles. The number of hydrogen-bond donors (Lipinski definition) is 1. The van der Waals surface area contributed by atoms with Crippen molar-refractivity contribution in [1.82, 2.24) is 4.98 Å². The third-order valence-electron chi connectivity index (χ3n) is 7.53. The Labute approximate surface area is 165 Å². The molecule has 4 bridgehead atoms. The SMILES string of the molecule is C[NH+]1CCc2nc(SCC(=O)C34CC5CC(CC(C5)C3)C4)c(C#N)cc2C1. The molecule has 1 aliphatic heterocycles. The molecule has 0 radical (unpaired) electrons. The first-order chi connectivity index (χ1) is 13.0. The molecule has 5 aliphatic rings. The van der Waals surface area contributed by atoms with Gasteiger partial charge in [-0.15, -0.1) is 0 Å². The minimum absolute atomic E-state index is 0.0468. The van der Waals surface area contributed by atoms with Gasteiger partial charge >= 0.3 is 0 Å². The zero-order valence-corrected chi connectivity index (χ0v) is 16.9. The molecule has 1 N–H and O–H groups in total. The lowest BCUT2D eigenvalue weighted by molar-refractivity contribution is -0.895. The van der Waals surface area contributed by atoms with Gasteiger partial charge in [0.2, 0.25) is 0 Å². The Balaban J connectivity index is 1.33. The van der Waals surface area contributed by atoms with Crippen molar-refractivity contribution in [2.45, 2.75) is 56.5 Å². The van der Waals surface area contributed by atoms with Gasteiger partial charge in [0.15, 0.2) is 0 Å². The fourth-order valence-electron chi connectivity index (χ4n) is 6.62. The molecule has 4 fully saturated rings. The van der Waals surface area contributed by atoms with Gasteiger partial charge in [-0.05, 0) is 62.3 Å². The highest BCUT2D eigenvalue weighted by Gasteiger charge is 2.54. The fraction of sp³-hybridized carbons (Fsp3) is 0.682. The number of aromatic nitrogens is 1. The molecule has 1 aromatic heterocycles. The molecule has 142 valence electrons. The van der Waals surface area contributed by atoms with Gasteiger partial charge in [-0.25, -0.2) is 4.98 Å². The van der Waals surface area contributed by atoms with Crippen molar-refractivity contribution in [2.75, 3.05) is 19.3 Å². The fourth-order valence-corrected chi connectivity index (χ4v) is 7.63. The van der Waals surface area contributed by atoms with Crippen LogP contribution in [0, 0.1) is 34.5 Å². The first-order valence-electron chi connectivity index (χ1n) is 10.4. The molecule has 2 heterocycles. The molecule has 5 heteroatoms. The van der Waals surface area contributed by atoms with E-state index in [1.54, 1.807) is 0 Å². The second-order valence-electron chi connectivity index (χ2n) is 9.60.